The van der Waals surface area contributed by atoms with Crippen LogP contribution in [0.4, 0.5) is 4.39 Å². The molecule has 2 aromatic rings. The number of alkyl halides is 2. The van der Waals surface area contributed by atoms with Crippen LogP contribution in [0.5, 0.6) is 17.2 Å². The topological polar surface area (TPSA) is 86.8 Å². The Labute approximate surface area is 267 Å². The molecule has 0 N–H and O–H groups in total. The predicted octanol–water partition coefficient (Wildman–Crippen LogP) is 5.62. The van der Waals surface area contributed by atoms with Gasteiger partial charge in [0.05, 0.1) is 38.6 Å². The van der Waals surface area contributed by atoms with Crippen LogP contribution in [0.3, 0.4) is 0 Å². The number of fused-ring (bicyclic) bond motifs is 5. The predicted molar refractivity (Wildman–Crippen MR) is 169 cm³/mol. The molecule has 236 valence electrons. The van der Waals surface area contributed by atoms with Crippen LogP contribution in [-0.4, -0.2) is 94.5 Å². The van der Waals surface area contributed by atoms with Crippen LogP contribution in [0.15, 0.2) is 36.4 Å². The number of rotatable bonds is 5. The molecule has 4 unspecified atom stereocenters. The van der Waals surface area contributed by atoms with Gasteiger partial charge in [0.2, 0.25) is 5.75 Å². The molecular formula is C32H42FIN2O7. The lowest BCUT2D eigenvalue weighted by Crippen LogP contribution is -2.34. The Morgan fingerprint density at radius 2 is 1.58 bits per heavy atom. The maximum atomic E-state index is 14.3. The number of carbonyl (C=O) groups is 2. The average molecular weight is 713 g/mol. The van der Waals surface area contributed by atoms with Crippen molar-refractivity contribution in [1.29, 1.82) is 0 Å². The summed E-state index contributed by atoms with van der Waals surface area (Å²) in [4.78, 5) is 30.8. The Morgan fingerprint density at radius 1 is 0.907 bits per heavy atom. The molecule has 0 aromatic heterocycles. The van der Waals surface area contributed by atoms with Gasteiger partial charge in [-0.25, -0.2) is 14.0 Å². The van der Waals surface area contributed by atoms with Crippen molar-refractivity contribution in [3.8, 4) is 17.2 Å². The van der Waals surface area contributed by atoms with Crippen molar-refractivity contribution in [2.75, 3.05) is 66.7 Å². The fourth-order valence-electron chi connectivity index (χ4n) is 5.36. The third kappa shape index (κ3) is 9.67. The molecule has 0 saturated carbocycles. The molecule has 0 radical (unpaired) electrons. The van der Waals surface area contributed by atoms with Gasteiger partial charge in [0, 0.05) is 26.2 Å². The van der Waals surface area contributed by atoms with Gasteiger partial charge in [-0.05, 0) is 105 Å². The summed E-state index contributed by atoms with van der Waals surface area (Å²) in [6.45, 7) is 7.59. The van der Waals surface area contributed by atoms with E-state index in [1.165, 1.54) is 21.1 Å². The van der Waals surface area contributed by atoms with Crippen molar-refractivity contribution < 1.29 is 37.7 Å². The van der Waals surface area contributed by atoms with Crippen molar-refractivity contribution in [3.63, 3.8) is 0 Å². The lowest BCUT2D eigenvalue weighted by atomic mass is 10.1. The summed E-state index contributed by atoms with van der Waals surface area (Å²) in [6, 6.07) is 9.68. The zero-order valence-electron chi connectivity index (χ0n) is 25.2. The average Bonchev–Trinajstić information content (AvgIpc) is 3.23. The van der Waals surface area contributed by atoms with Crippen molar-refractivity contribution in [1.82, 2.24) is 9.80 Å². The van der Waals surface area contributed by atoms with Crippen LogP contribution in [0.25, 0.3) is 0 Å². The number of hydrogen-bond donors (Lipinski definition) is 0. The maximum Gasteiger partial charge on any atom is 0.338 e. The normalized spacial score (nSPS) is 23.7. The molecule has 0 aliphatic carbocycles. The molecule has 2 aliphatic heterocycles. The Morgan fingerprint density at radius 3 is 2.26 bits per heavy atom. The first kappa shape index (κ1) is 33.3. The van der Waals surface area contributed by atoms with Crippen LogP contribution in [-0.2, 0) is 13.1 Å². The summed E-state index contributed by atoms with van der Waals surface area (Å²) < 4.78 is 41.4. The van der Waals surface area contributed by atoms with Gasteiger partial charge in [0.25, 0.3) is 0 Å². The summed E-state index contributed by atoms with van der Waals surface area (Å²) in [5.74, 6) is 0.271. The number of carbonyl (C=O) groups excluding carboxylic acids is 2. The molecule has 9 nitrogen and oxygen atoms in total. The van der Waals surface area contributed by atoms with Crippen molar-refractivity contribution in [2.24, 2.45) is 0 Å². The van der Waals surface area contributed by atoms with Crippen molar-refractivity contribution in [3.05, 3.63) is 53.1 Å². The summed E-state index contributed by atoms with van der Waals surface area (Å²) in [6.07, 6.45) is 3.33. The Bertz CT molecular complexity index is 1220. The van der Waals surface area contributed by atoms with Crippen LogP contribution in [0.1, 0.15) is 65.3 Å². The van der Waals surface area contributed by atoms with Crippen molar-refractivity contribution in [2.45, 2.75) is 48.8 Å². The summed E-state index contributed by atoms with van der Waals surface area (Å²) in [5.41, 5.74) is 1.21. The van der Waals surface area contributed by atoms with Crippen LogP contribution < -0.4 is 14.2 Å². The van der Waals surface area contributed by atoms with E-state index in [0.717, 1.165) is 52.1 Å². The molecule has 1 saturated heterocycles. The highest BCUT2D eigenvalue weighted by Gasteiger charge is 2.24. The number of methoxy groups -OCH3 is 2. The molecular weight excluding hydrogens is 670 g/mol. The molecule has 2 heterocycles. The van der Waals surface area contributed by atoms with Gasteiger partial charge in [-0.15, -0.1) is 0 Å². The van der Waals surface area contributed by atoms with Crippen molar-refractivity contribution >= 4 is 34.5 Å². The third-order valence-electron chi connectivity index (χ3n) is 7.81. The Balaban J connectivity index is 1.50. The van der Waals surface area contributed by atoms with Crippen LogP contribution >= 0.6 is 22.6 Å². The molecule has 11 heteroatoms. The van der Waals surface area contributed by atoms with Gasteiger partial charge in [-0.1, -0.05) is 12.1 Å². The first-order valence-corrected chi connectivity index (χ1v) is 16.0. The summed E-state index contributed by atoms with van der Waals surface area (Å²) in [7, 11) is 3.02. The molecule has 0 amide bonds. The lowest BCUT2D eigenvalue weighted by molar-refractivity contribution is 0.0221. The monoisotopic (exact) mass is 712 g/mol. The van der Waals surface area contributed by atoms with Gasteiger partial charge < -0.3 is 33.5 Å². The number of cyclic esters (lactones) is 1. The minimum Gasteiger partial charge on any atom is -0.493 e. The largest absolute Gasteiger partial charge is 0.493 e. The zero-order valence-corrected chi connectivity index (χ0v) is 27.4. The van der Waals surface area contributed by atoms with E-state index in [9.17, 15) is 14.0 Å². The number of nitrogens with zero attached hydrogens (tertiary/aromatic N) is 2. The molecule has 2 aromatic carbocycles. The fourth-order valence-corrected chi connectivity index (χ4v) is 5.72. The van der Waals surface area contributed by atoms with E-state index in [0.29, 0.717) is 66.4 Å². The number of benzene rings is 2. The highest BCUT2D eigenvalue weighted by molar-refractivity contribution is 14.1. The molecule has 2 aliphatic rings. The Kier molecular flexibility index (Phi) is 12.3. The highest BCUT2D eigenvalue weighted by Crippen LogP contribution is 2.39. The minimum atomic E-state index is -1.52. The quantitative estimate of drug-likeness (QED) is 0.223. The maximum absolute atomic E-state index is 14.3. The van der Waals surface area contributed by atoms with Crippen LogP contribution in [0, 0.1) is 0 Å². The summed E-state index contributed by atoms with van der Waals surface area (Å²) in [5, 5.41) is 0. The van der Waals surface area contributed by atoms with E-state index in [-0.39, 0.29) is 6.10 Å². The smallest absolute Gasteiger partial charge is 0.338 e. The minimum absolute atomic E-state index is 0.310. The van der Waals surface area contributed by atoms with E-state index in [1.807, 2.05) is 0 Å². The van der Waals surface area contributed by atoms with Gasteiger partial charge in [0.15, 0.2) is 15.2 Å². The second kappa shape index (κ2) is 15.9. The molecule has 4 rings (SSSR count). The second-order valence-corrected chi connectivity index (χ2v) is 13.0. The highest BCUT2D eigenvalue weighted by atomic mass is 127. The molecule has 1 fully saturated rings. The fraction of sp³-hybridized carbons (Fsp3) is 0.562. The molecule has 4 bridgehead atoms. The first-order chi connectivity index (χ1) is 20.7. The molecule has 43 heavy (non-hydrogen) atoms. The first-order valence-electron chi connectivity index (χ1n) is 14.9. The van der Waals surface area contributed by atoms with Gasteiger partial charge >= 0.3 is 11.9 Å². The van der Waals surface area contributed by atoms with Crippen LogP contribution in [0.2, 0.25) is 0 Å². The number of hydrogen-bond acceptors (Lipinski definition) is 9. The summed E-state index contributed by atoms with van der Waals surface area (Å²) >= 11 is 1.73. The van der Waals surface area contributed by atoms with E-state index >= 15 is 0 Å². The third-order valence-corrected chi connectivity index (χ3v) is 8.43. The van der Waals surface area contributed by atoms with E-state index < -0.39 is 15.6 Å². The second-order valence-electron chi connectivity index (χ2n) is 11.0. The van der Waals surface area contributed by atoms with Gasteiger partial charge in [-0.2, -0.15) is 0 Å². The standard InChI is InChI=1S/C32H42FIN2O7/c1-32(33,34)25-10-8-23(9-11-25)31(38)43-26-7-4-19-41-28-22-24(21-27(39-2)29(28)40-3)30(37)42-20-6-15-35-13-5-14-36(16-12-26)18-17-35/h8-11,21-22,26H,4-7,12-20H2,1-3H3. The Hall–Kier alpha value is -2.64. The lowest BCUT2D eigenvalue weighted by Gasteiger charge is -2.24. The van der Waals surface area contributed by atoms with Gasteiger partial charge in [0.1, 0.15) is 6.10 Å². The van der Waals surface area contributed by atoms with Gasteiger partial charge in [-0.3, -0.25) is 0 Å². The molecule has 4 atom stereocenters. The molecule has 0 spiro atoms. The van der Waals surface area contributed by atoms with E-state index in [2.05, 4.69) is 9.80 Å². The van der Waals surface area contributed by atoms with E-state index in [1.54, 1.807) is 59.0 Å². The zero-order chi connectivity index (χ0) is 30.8. The number of esters is 2. The van der Waals surface area contributed by atoms with E-state index in [4.69, 9.17) is 23.7 Å². The number of halogens is 2. The number of ether oxygens (including phenoxy) is 5. The SMILES string of the molecule is COc1cc2cc(c1OC)OCCCC(OC(=O)c1ccc(C(C)(F)I)cc1)CCN1CCCN(CCCOC2=O)CC1.